The highest BCUT2D eigenvalue weighted by atomic mass is 16.5. The monoisotopic (exact) mass is 290 g/mol. The van der Waals surface area contributed by atoms with Crippen molar-refractivity contribution in [3.8, 4) is 0 Å². The zero-order valence-electron chi connectivity index (χ0n) is 12.3. The molecule has 0 aliphatic carbocycles. The summed E-state index contributed by atoms with van der Waals surface area (Å²) in [7, 11) is 1.27. The first-order chi connectivity index (χ1) is 9.88. The van der Waals surface area contributed by atoms with Gasteiger partial charge in [0.1, 0.15) is 5.54 Å². The number of nitrogens with zero attached hydrogens (tertiary/aromatic N) is 1. The van der Waals surface area contributed by atoms with Crippen LogP contribution >= 0.6 is 0 Å². The standard InChI is InChI=1S/C15H18N2O4/c1-10-4-6-11(7-5-10)15(2)13(19)17(14(20)16-15)9-8-12(18)21-3/h4-7H,8-9H2,1-3H3,(H,16,20)/t15-/m0/s1. The summed E-state index contributed by atoms with van der Waals surface area (Å²) < 4.78 is 4.52. The topological polar surface area (TPSA) is 75.7 Å². The molecule has 21 heavy (non-hydrogen) atoms. The maximum Gasteiger partial charge on any atom is 0.325 e. The van der Waals surface area contributed by atoms with Crippen molar-refractivity contribution in [2.45, 2.75) is 25.8 Å². The van der Waals surface area contributed by atoms with E-state index in [9.17, 15) is 14.4 Å². The van der Waals surface area contributed by atoms with Crippen molar-refractivity contribution in [1.82, 2.24) is 10.2 Å². The number of esters is 1. The molecule has 1 heterocycles. The number of nitrogens with one attached hydrogen (secondary N) is 1. The van der Waals surface area contributed by atoms with Gasteiger partial charge in [-0.1, -0.05) is 29.8 Å². The number of hydrogen-bond acceptors (Lipinski definition) is 4. The van der Waals surface area contributed by atoms with Crippen LogP contribution in [0.25, 0.3) is 0 Å². The molecule has 1 saturated heterocycles. The maximum atomic E-state index is 12.5. The molecule has 1 aromatic rings. The van der Waals surface area contributed by atoms with Crippen LogP contribution in [0, 0.1) is 6.92 Å². The quantitative estimate of drug-likeness (QED) is 0.670. The van der Waals surface area contributed by atoms with E-state index in [1.807, 2.05) is 31.2 Å². The predicted molar refractivity (Wildman–Crippen MR) is 75.4 cm³/mol. The molecule has 0 unspecified atom stereocenters. The van der Waals surface area contributed by atoms with Crippen LogP contribution in [0.3, 0.4) is 0 Å². The zero-order valence-corrected chi connectivity index (χ0v) is 12.3. The normalized spacial score (nSPS) is 21.4. The number of aryl methyl sites for hydroxylation is 1. The fourth-order valence-electron chi connectivity index (χ4n) is 2.29. The summed E-state index contributed by atoms with van der Waals surface area (Å²) in [6.45, 7) is 3.62. The second-order valence-corrected chi connectivity index (χ2v) is 5.20. The number of hydrogen-bond donors (Lipinski definition) is 1. The SMILES string of the molecule is COC(=O)CCN1C(=O)N[C@@](C)(c2ccc(C)cc2)C1=O. The van der Waals surface area contributed by atoms with Crippen LogP contribution in [0.5, 0.6) is 0 Å². The number of rotatable bonds is 4. The van der Waals surface area contributed by atoms with E-state index in [0.29, 0.717) is 5.56 Å². The third-order valence-electron chi connectivity index (χ3n) is 3.67. The molecule has 1 aliphatic rings. The number of methoxy groups -OCH3 is 1. The number of carbonyl (C=O) groups is 3. The van der Waals surface area contributed by atoms with Gasteiger partial charge in [-0.3, -0.25) is 14.5 Å². The molecule has 3 amide bonds. The average molecular weight is 290 g/mol. The molecule has 0 spiro atoms. The lowest BCUT2D eigenvalue weighted by atomic mass is 9.91. The Bertz CT molecular complexity index is 582. The Morgan fingerprint density at radius 2 is 1.90 bits per heavy atom. The largest absolute Gasteiger partial charge is 0.469 e. The van der Waals surface area contributed by atoms with E-state index in [0.717, 1.165) is 10.5 Å². The number of carbonyl (C=O) groups excluding carboxylic acids is 3. The summed E-state index contributed by atoms with van der Waals surface area (Å²) in [6, 6.07) is 6.91. The van der Waals surface area contributed by atoms with Crippen LogP contribution in [0.1, 0.15) is 24.5 Å². The van der Waals surface area contributed by atoms with E-state index in [1.54, 1.807) is 6.92 Å². The van der Waals surface area contributed by atoms with E-state index in [1.165, 1.54) is 7.11 Å². The number of ether oxygens (including phenoxy) is 1. The Hall–Kier alpha value is -2.37. The second-order valence-electron chi connectivity index (χ2n) is 5.20. The van der Waals surface area contributed by atoms with Gasteiger partial charge in [-0.05, 0) is 19.4 Å². The van der Waals surface area contributed by atoms with Crippen molar-refractivity contribution in [3.05, 3.63) is 35.4 Å². The van der Waals surface area contributed by atoms with Crippen LogP contribution in [0.15, 0.2) is 24.3 Å². The van der Waals surface area contributed by atoms with E-state index >= 15 is 0 Å². The molecule has 1 fully saturated rings. The summed E-state index contributed by atoms with van der Waals surface area (Å²) >= 11 is 0. The van der Waals surface area contributed by atoms with Gasteiger partial charge in [0.25, 0.3) is 5.91 Å². The average Bonchev–Trinajstić information content (AvgIpc) is 2.68. The Morgan fingerprint density at radius 1 is 1.29 bits per heavy atom. The molecule has 0 bridgehead atoms. The van der Waals surface area contributed by atoms with Crippen LogP contribution < -0.4 is 5.32 Å². The van der Waals surface area contributed by atoms with E-state index in [4.69, 9.17) is 0 Å². The summed E-state index contributed by atoms with van der Waals surface area (Å²) in [6.07, 6.45) is -0.0142. The number of amides is 3. The van der Waals surface area contributed by atoms with Gasteiger partial charge in [0.2, 0.25) is 0 Å². The molecule has 0 aromatic heterocycles. The van der Waals surface area contributed by atoms with Crippen molar-refractivity contribution in [3.63, 3.8) is 0 Å². The molecule has 2 rings (SSSR count). The van der Waals surface area contributed by atoms with Gasteiger partial charge in [-0.15, -0.1) is 0 Å². The Labute approximate surface area is 123 Å². The summed E-state index contributed by atoms with van der Waals surface area (Å²) in [5, 5.41) is 2.69. The van der Waals surface area contributed by atoms with Crippen LogP contribution in [-0.2, 0) is 19.9 Å². The van der Waals surface area contributed by atoms with Crippen molar-refractivity contribution >= 4 is 17.9 Å². The van der Waals surface area contributed by atoms with Crippen molar-refractivity contribution in [2.24, 2.45) is 0 Å². The highest BCUT2D eigenvalue weighted by Gasteiger charge is 2.48. The lowest BCUT2D eigenvalue weighted by molar-refractivity contribution is -0.141. The van der Waals surface area contributed by atoms with Crippen molar-refractivity contribution in [2.75, 3.05) is 13.7 Å². The summed E-state index contributed by atoms with van der Waals surface area (Å²) in [5.74, 6) is -0.820. The molecule has 0 radical (unpaired) electrons. The Morgan fingerprint density at radius 3 is 2.48 bits per heavy atom. The summed E-state index contributed by atoms with van der Waals surface area (Å²) in [5.41, 5.74) is 0.689. The molecule has 0 saturated carbocycles. The van der Waals surface area contributed by atoms with E-state index < -0.39 is 17.5 Å². The Balaban J connectivity index is 2.20. The van der Waals surface area contributed by atoms with Crippen molar-refractivity contribution in [1.29, 1.82) is 0 Å². The van der Waals surface area contributed by atoms with Gasteiger partial charge in [-0.2, -0.15) is 0 Å². The van der Waals surface area contributed by atoms with Gasteiger partial charge in [0, 0.05) is 6.54 Å². The maximum absolute atomic E-state index is 12.5. The number of urea groups is 1. The van der Waals surface area contributed by atoms with Crippen molar-refractivity contribution < 1.29 is 19.1 Å². The molecule has 6 nitrogen and oxygen atoms in total. The second kappa shape index (κ2) is 5.55. The summed E-state index contributed by atoms with van der Waals surface area (Å²) in [4.78, 5) is 36.7. The van der Waals surface area contributed by atoms with Crippen LogP contribution in [-0.4, -0.2) is 36.5 Å². The molecular formula is C15H18N2O4. The number of imide groups is 1. The minimum Gasteiger partial charge on any atom is -0.469 e. The molecule has 1 N–H and O–H groups in total. The third-order valence-corrected chi connectivity index (χ3v) is 3.67. The lowest BCUT2D eigenvalue weighted by Crippen LogP contribution is -2.41. The molecular weight excluding hydrogens is 272 g/mol. The van der Waals surface area contributed by atoms with Gasteiger partial charge >= 0.3 is 12.0 Å². The number of benzene rings is 1. The van der Waals surface area contributed by atoms with Crippen LogP contribution in [0.4, 0.5) is 4.79 Å². The van der Waals surface area contributed by atoms with Gasteiger partial charge in [0.05, 0.1) is 13.5 Å². The van der Waals surface area contributed by atoms with E-state index in [-0.39, 0.29) is 18.9 Å². The first-order valence-corrected chi connectivity index (χ1v) is 6.66. The molecule has 112 valence electrons. The molecule has 6 heteroatoms. The molecule has 1 aliphatic heterocycles. The third kappa shape index (κ3) is 2.74. The first-order valence-electron chi connectivity index (χ1n) is 6.66. The molecule has 1 aromatic carbocycles. The first kappa shape index (κ1) is 15.0. The van der Waals surface area contributed by atoms with Gasteiger partial charge < -0.3 is 10.1 Å². The van der Waals surface area contributed by atoms with Gasteiger partial charge in [-0.25, -0.2) is 4.79 Å². The minimum absolute atomic E-state index is 0.0127. The smallest absolute Gasteiger partial charge is 0.325 e. The Kier molecular flexibility index (Phi) is 3.97. The fraction of sp³-hybridized carbons (Fsp3) is 0.400. The highest BCUT2D eigenvalue weighted by molar-refractivity contribution is 6.07. The lowest BCUT2D eigenvalue weighted by Gasteiger charge is -2.22. The highest BCUT2D eigenvalue weighted by Crippen LogP contribution is 2.29. The minimum atomic E-state index is -1.10. The van der Waals surface area contributed by atoms with Gasteiger partial charge in [0.15, 0.2) is 0 Å². The fourth-order valence-corrected chi connectivity index (χ4v) is 2.29. The van der Waals surface area contributed by atoms with E-state index in [2.05, 4.69) is 10.1 Å². The van der Waals surface area contributed by atoms with Crippen LogP contribution in [0.2, 0.25) is 0 Å². The zero-order chi connectivity index (χ0) is 15.6. The predicted octanol–water partition coefficient (Wildman–Crippen LogP) is 1.33. The molecule has 1 atom stereocenters.